The third-order valence-electron chi connectivity index (χ3n) is 2.97. The molecule has 0 amide bonds. The van der Waals surface area contributed by atoms with Crippen LogP contribution >= 0.6 is 0 Å². The summed E-state index contributed by atoms with van der Waals surface area (Å²) in [5, 5.41) is 7.93. The van der Waals surface area contributed by atoms with Gasteiger partial charge in [-0.2, -0.15) is 5.10 Å². The highest BCUT2D eigenvalue weighted by molar-refractivity contribution is 5.08. The molecule has 1 unspecified atom stereocenters. The number of hydrogen-bond acceptors (Lipinski definition) is 2. The highest BCUT2D eigenvalue weighted by atomic mass is 15.3. The Balaban J connectivity index is 2.00. The summed E-state index contributed by atoms with van der Waals surface area (Å²) in [6.45, 7) is 7.71. The van der Waals surface area contributed by atoms with Crippen LogP contribution in [0.25, 0.3) is 0 Å². The second kappa shape index (κ2) is 3.97. The van der Waals surface area contributed by atoms with E-state index in [4.69, 9.17) is 0 Å². The molecule has 1 N–H and O–H groups in total. The maximum Gasteiger partial charge on any atom is 0.0543 e. The van der Waals surface area contributed by atoms with Crippen molar-refractivity contribution < 1.29 is 0 Å². The standard InChI is InChI=1S/C12H21N3/c1-12(2,3)15-9-10(8-14-15)7-11-5-4-6-13-11/h8-9,11,13H,4-7H2,1-3H3. The Morgan fingerprint density at radius 2 is 2.33 bits per heavy atom. The van der Waals surface area contributed by atoms with E-state index in [0.717, 1.165) is 6.42 Å². The van der Waals surface area contributed by atoms with Crippen molar-refractivity contribution in [1.82, 2.24) is 15.1 Å². The first kappa shape index (κ1) is 10.7. The molecule has 3 nitrogen and oxygen atoms in total. The van der Waals surface area contributed by atoms with Crippen molar-refractivity contribution in [1.29, 1.82) is 0 Å². The number of nitrogens with zero attached hydrogens (tertiary/aromatic N) is 2. The Bertz CT molecular complexity index is 316. The maximum atomic E-state index is 4.42. The number of aromatic nitrogens is 2. The molecule has 0 aliphatic carbocycles. The number of nitrogens with one attached hydrogen (secondary N) is 1. The molecule has 0 radical (unpaired) electrons. The van der Waals surface area contributed by atoms with Gasteiger partial charge in [-0.25, -0.2) is 0 Å². The zero-order valence-corrected chi connectivity index (χ0v) is 9.95. The van der Waals surface area contributed by atoms with E-state index in [1.165, 1.54) is 24.9 Å². The first-order valence-corrected chi connectivity index (χ1v) is 5.83. The van der Waals surface area contributed by atoms with Gasteiger partial charge in [0, 0.05) is 12.2 Å². The first-order chi connectivity index (χ1) is 7.05. The van der Waals surface area contributed by atoms with E-state index >= 15 is 0 Å². The minimum Gasteiger partial charge on any atom is -0.314 e. The predicted octanol–water partition coefficient (Wildman–Crippen LogP) is 1.93. The Morgan fingerprint density at radius 1 is 1.53 bits per heavy atom. The van der Waals surface area contributed by atoms with E-state index in [0.29, 0.717) is 6.04 Å². The summed E-state index contributed by atoms with van der Waals surface area (Å²) in [6.07, 6.45) is 7.93. The van der Waals surface area contributed by atoms with Crippen molar-refractivity contribution in [3.05, 3.63) is 18.0 Å². The normalized spacial score (nSPS) is 22.2. The topological polar surface area (TPSA) is 29.9 Å². The van der Waals surface area contributed by atoms with Gasteiger partial charge in [-0.1, -0.05) is 0 Å². The summed E-state index contributed by atoms with van der Waals surface area (Å²) in [7, 11) is 0. The van der Waals surface area contributed by atoms with Crippen molar-refractivity contribution in [2.75, 3.05) is 6.54 Å². The molecule has 1 saturated heterocycles. The van der Waals surface area contributed by atoms with Crippen LogP contribution in [0.3, 0.4) is 0 Å². The number of hydrogen-bond donors (Lipinski definition) is 1. The van der Waals surface area contributed by atoms with E-state index in [2.05, 4.69) is 42.1 Å². The molecule has 1 fully saturated rings. The molecule has 1 aliphatic heterocycles. The maximum absolute atomic E-state index is 4.42. The van der Waals surface area contributed by atoms with Gasteiger partial charge in [0.1, 0.15) is 0 Å². The van der Waals surface area contributed by atoms with E-state index in [1.807, 2.05) is 6.20 Å². The molecule has 0 bridgehead atoms. The molecule has 1 atom stereocenters. The van der Waals surface area contributed by atoms with Crippen LogP contribution in [0.15, 0.2) is 12.4 Å². The van der Waals surface area contributed by atoms with E-state index in [1.54, 1.807) is 0 Å². The predicted molar refractivity (Wildman–Crippen MR) is 62.0 cm³/mol. The van der Waals surface area contributed by atoms with Gasteiger partial charge in [0.25, 0.3) is 0 Å². The Labute approximate surface area is 91.9 Å². The summed E-state index contributed by atoms with van der Waals surface area (Å²) in [5.41, 5.74) is 1.45. The monoisotopic (exact) mass is 207 g/mol. The fourth-order valence-corrected chi connectivity index (χ4v) is 2.05. The molecular formula is C12H21N3. The van der Waals surface area contributed by atoms with Crippen LogP contribution in [-0.2, 0) is 12.0 Å². The van der Waals surface area contributed by atoms with Crippen LogP contribution in [-0.4, -0.2) is 22.4 Å². The van der Waals surface area contributed by atoms with Gasteiger partial charge in [0.05, 0.1) is 11.7 Å². The summed E-state index contributed by atoms with van der Waals surface area (Å²) in [5.74, 6) is 0. The van der Waals surface area contributed by atoms with Crippen LogP contribution in [0.1, 0.15) is 39.2 Å². The average molecular weight is 207 g/mol. The second-order valence-corrected chi connectivity index (χ2v) is 5.46. The van der Waals surface area contributed by atoms with E-state index < -0.39 is 0 Å². The Morgan fingerprint density at radius 3 is 2.87 bits per heavy atom. The largest absolute Gasteiger partial charge is 0.314 e. The quantitative estimate of drug-likeness (QED) is 0.803. The lowest BCUT2D eigenvalue weighted by Gasteiger charge is -2.18. The zero-order valence-electron chi connectivity index (χ0n) is 9.95. The second-order valence-electron chi connectivity index (χ2n) is 5.46. The van der Waals surface area contributed by atoms with Crippen LogP contribution in [0.4, 0.5) is 0 Å². The third kappa shape index (κ3) is 2.59. The third-order valence-corrected chi connectivity index (χ3v) is 2.97. The lowest BCUT2D eigenvalue weighted by atomic mass is 10.1. The van der Waals surface area contributed by atoms with Gasteiger partial charge in [0.2, 0.25) is 0 Å². The molecule has 15 heavy (non-hydrogen) atoms. The van der Waals surface area contributed by atoms with Gasteiger partial charge in [0.15, 0.2) is 0 Å². The van der Waals surface area contributed by atoms with Crippen LogP contribution in [0.5, 0.6) is 0 Å². The molecule has 0 spiro atoms. The molecule has 0 aromatic carbocycles. The highest BCUT2D eigenvalue weighted by Gasteiger charge is 2.17. The van der Waals surface area contributed by atoms with Crippen LogP contribution in [0.2, 0.25) is 0 Å². The highest BCUT2D eigenvalue weighted by Crippen LogP contribution is 2.16. The minimum absolute atomic E-state index is 0.0986. The smallest absolute Gasteiger partial charge is 0.0543 e. The van der Waals surface area contributed by atoms with Gasteiger partial charge in [-0.3, -0.25) is 4.68 Å². The Kier molecular flexibility index (Phi) is 2.83. The van der Waals surface area contributed by atoms with E-state index in [-0.39, 0.29) is 5.54 Å². The minimum atomic E-state index is 0.0986. The molecule has 2 heterocycles. The average Bonchev–Trinajstić information content (AvgIpc) is 2.73. The van der Waals surface area contributed by atoms with Crippen molar-refractivity contribution in [3.63, 3.8) is 0 Å². The summed E-state index contributed by atoms with van der Waals surface area (Å²) < 4.78 is 2.05. The van der Waals surface area contributed by atoms with Crippen molar-refractivity contribution in [2.45, 2.75) is 51.6 Å². The number of rotatable bonds is 2. The van der Waals surface area contributed by atoms with E-state index in [9.17, 15) is 0 Å². The Hall–Kier alpha value is -0.830. The van der Waals surface area contributed by atoms with Crippen LogP contribution in [0, 0.1) is 0 Å². The van der Waals surface area contributed by atoms with Crippen molar-refractivity contribution in [3.8, 4) is 0 Å². The molecule has 1 aromatic rings. The van der Waals surface area contributed by atoms with Crippen molar-refractivity contribution >= 4 is 0 Å². The fourth-order valence-electron chi connectivity index (χ4n) is 2.05. The molecule has 2 rings (SSSR count). The molecular weight excluding hydrogens is 186 g/mol. The van der Waals surface area contributed by atoms with Gasteiger partial charge in [-0.05, 0) is 52.1 Å². The van der Waals surface area contributed by atoms with Gasteiger partial charge < -0.3 is 5.32 Å². The molecule has 0 saturated carbocycles. The zero-order chi connectivity index (χ0) is 10.9. The molecule has 1 aromatic heterocycles. The first-order valence-electron chi connectivity index (χ1n) is 5.83. The molecule has 1 aliphatic rings. The molecule has 3 heteroatoms. The lowest BCUT2D eigenvalue weighted by Crippen LogP contribution is -2.24. The summed E-state index contributed by atoms with van der Waals surface area (Å²) in [4.78, 5) is 0. The van der Waals surface area contributed by atoms with Gasteiger partial charge >= 0.3 is 0 Å². The lowest BCUT2D eigenvalue weighted by molar-refractivity contribution is 0.355. The fraction of sp³-hybridized carbons (Fsp3) is 0.750. The SMILES string of the molecule is CC(C)(C)n1cc(CC2CCCN2)cn1. The molecule has 84 valence electrons. The summed E-state index contributed by atoms with van der Waals surface area (Å²) in [6, 6.07) is 0.669. The van der Waals surface area contributed by atoms with Gasteiger partial charge in [-0.15, -0.1) is 0 Å². The summed E-state index contributed by atoms with van der Waals surface area (Å²) >= 11 is 0. The van der Waals surface area contributed by atoms with Crippen LogP contribution < -0.4 is 5.32 Å². The van der Waals surface area contributed by atoms with Crippen molar-refractivity contribution in [2.24, 2.45) is 0 Å².